The number of carbonyl (C=O) groups is 2. The Bertz CT molecular complexity index is 684. The monoisotopic (exact) mass is 328 g/mol. The lowest BCUT2D eigenvalue weighted by Gasteiger charge is -2.29. The van der Waals surface area contributed by atoms with Crippen LogP contribution in [0.5, 0.6) is 0 Å². The van der Waals surface area contributed by atoms with Crippen molar-refractivity contribution < 1.29 is 9.59 Å². The minimum atomic E-state index is -0.0678. The van der Waals surface area contributed by atoms with Gasteiger partial charge >= 0.3 is 0 Å². The number of aromatic amines is 1. The van der Waals surface area contributed by atoms with Gasteiger partial charge < -0.3 is 21.4 Å². The van der Waals surface area contributed by atoms with Gasteiger partial charge in [0.15, 0.2) is 0 Å². The maximum atomic E-state index is 12.4. The highest BCUT2D eigenvalue weighted by Crippen LogP contribution is 2.20. The zero-order chi connectivity index (χ0) is 16.9. The first-order chi connectivity index (χ1) is 11.7. The normalized spacial score (nSPS) is 20.7. The number of hydrogen-bond acceptors (Lipinski definition) is 3. The lowest BCUT2D eigenvalue weighted by atomic mass is 9.91. The van der Waals surface area contributed by atoms with Gasteiger partial charge in [-0.25, -0.2) is 0 Å². The highest BCUT2D eigenvalue weighted by atomic mass is 16.2. The minimum Gasteiger partial charge on any atom is -0.353 e. The molecule has 0 unspecified atom stereocenters. The number of para-hydroxylation sites is 1. The molecule has 24 heavy (non-hydrogen) atoms. The van der Waals surface area contributed by atoms with Gasteiger partial charge in [-0.3, -0.25) is 9.59 Å². The van der Waals surface area contributed by atoms with Gasteiger partial charge in [0.2, 0.25) is 5.91 Å². The van der Waals surface area contributed by atoms with Crippen molar-refractivity contribution in [2.45, 2.75) is 44.2 Å². The average molecular weight is 328 g/mol. The molecule has 1 heterocycles. The first kappa shape index (κ1) is 16.5. The third kappa shape index (κ3) is 3.94. The standard InChI is InChI=1S/C18H24N4O2/c19-10-9-17(23)20-13-5-7-14(8-6-13)21-18(24)16-11-12-3-1-2-4-15(12)22-16/h1-4,11,13-14,22H,5-10,19H2,(H,20,23)(H,21,24). The first-order valence-corrected chi connectivity index (χ1v) is 8.54. The second-order valence-electron chi connectivity index (χ2n) is 6.40. The lowest BCUT2D eigenvalue weighted by Crippen LogP contribution is -2.44. The van der Waals surface area contributed by atoms with Crippen molar-refractivity contribution in [1.29, 1.82) is 0 Å². The van der Waals surface area contributed by atoms with Crippen LogP contribution in [0.2, 0.25) is 0 Å². The van der Waals surface area contributed by atoms with Crippen LogP contribution in [-0.2, 0) is 4.79 Å². The van der Waals surface area contributed by atoms with Crippen molar-refractivity contribution in [2.24, 2.45) is 5.73 Å². The van der Waals surface area contributed by atoms with E-state index >= 15 is 0 Å². The van der Waals surface area contributed by atoms with Gasteiger partial charge in [0.25, 0.3) is 5.91 Å². The van der Waals surface area contributed by atoms with Crippen molar-refractivity contribution >= 4 is 22.7 Å². The SMILES string of the molecule is NCCC(=O)NC1CCC(NC(=O)c2cc3ccccc3[nH]2)CC1. The van der Waals surface area contributed by atoms with Crippen LogP contribution in [-0.4, -0.2) is 35.4 Å². The molecule has 1 aromatic heterocycles. The van der Waals surface area contributed by atoms with E-state index < -0.39 is 0 Å². The molecule has 2 amide bonds. The quantitative estimate of drug-likeness (QED) is 0.672. The summed E-state index contributed by atoms with van der Waals surface area (Å²) in [4.78, 5) is 27.1. The number of fused-ring (bicyclic) bond motifs is 1. The summed E-state index contributed by atoms with van der Waals surface area (Å²) < 4.78 is 0. The maximum Gasteiger partial charge on any atom is 0.267 e. The molecular formula is C18H24N4O2. The van der Waals surface area contributed by atoms with E-state index in [0.29, 0.717) is 18.7 Å². The molecule has 1 fully saturated rings. The van der Waals surface area contributed by atoms with Crippen LogP contribution >= 0.6 is 0 Å². The summed E-state index contributed by atoms with van der Waals surface area (Å²) in [6, 6.07) is 10.1. The molecule has 128 valence electrons. The molecule has 0 saturated heterocycles. The number of nitrogens with two attached hydrogens (primary N) is 1. The Morgan fingerprint density at radius 3 is 2.42 bits per heavy atom. The Morgan fingerprint density at radius 2 is 1.75 bits per heavy atom. The second kappa shape index (κ2) is 7.49. The van der Waals surface area contributed by atoms with Gasteiger partial charge in [-0.2, -0.15) is 0 Å². The molecule has 6 nitrogen and oxygen atoms in total. The number of hydrogen-bond donors (Lipinski definition) is 4. The summed E-state index contributed by atoms with van der Waals surface area (Å²) in [5, 5.41) is 7.13. The fourth-order valence-electron chi connectivity index (χ4n) is 3.27. The molecule has 5 N–H and O–H groups in total. The smallest absolute Gasteiger partial charge is 0.267 e. The van der Waals surface area contributed by atoms with Gasteiger partial charge in [-0.15, -0.1) is 0 Å². The van der Waals surface area contributed by atoms with Crippen LogP contribution in [0.25, 0.3) is 10.9 Å². The molecule has 2 aromatic rings. The zero-order valence-corrected chi connectivity index (χ0v) is 13.7. The number of carbonyl (C=O) groups excluding carboxylic acids is 2. The van der Waals surface area contributed by atoms with E-state index in [-0.39, 0.29) is 23.9 Å². The average Bonchev–Trinajstić information content (AvgIpc) is 3.01. The Labute approximate surface area is 141 Å². The number of aromatic nitrogens is 1. The number of benzene rings is 1. The van der Waals surface area contributed by atoms with E-state index in [2.05, 4.69) is 15.6 Å². The van der Waals surface area contributed by atoms with Crippen LogP contribution in [0.1, 0.15) is 42.6 Å². The van der Waals surface area contributed by atoms with E-state index in [4.69, 9.17) is 5.73 Å². The van der Waals surface area contributed by atoms with Crippen LogP contribution in [0.4, 0.5) is 0 Å². The Kier molecular flexibility index (Phi) is 5.15. The fourth-order valence-corrected chi connectivity index (χ4v) is 3.27. The number of H-pyrrole nitrogens is 1. The molecule has 1 aliphatic rings. The van der Waals surface area contributed by atoms with Crippen molar-refractivity contribution in [2.75, 3.05) is 6.54 Å². The summed E-state index contributed by atoms with van der Waals surface area (Å²) in [6.07, 6.45) is 3.89. The van der Waals surface area contributed by atoms with Gasteiger partial charge in [-0.1, -0.05) is 18.2 Å². The Morgan fingerprint density at radius 1 is 1.08 bits per heavy atom. The van der Waals surface area contributed by atoms with Crippen LogP contribution in [0, 0.1) is 0 Å². The molecule has 1 aromatic carbocycles. The van der Waals surface area contributed by atoms with E-state index in [1.54, 1.807) is 0 Å². The van der Waals surface area contributed by atoms with Crippen molar-refractivity contribution in [3.05, 3.63) is 36.0 Å². The van der Waals surface area contributed by atoms with Crippen molar-refractivity contribution in [1.82, 2.24) is 15.6 Å². The minimum absolute atomic E-state index is 0.0167. The van der Waals surface area contributed by atoms with E-state index in [0.717, 1.165) is 36.6 Å². The highest BCUT2D eigenvalue weighted by molar-refractivity contribution is 5.98. The van der Waals surface area contributed by atoms with Crippen molar-refractivity contribution in [3.8, 4) is 0 Å². The van der Waals surface area contributed by atoms with Gasteiger partial charge in [0, 0.05) is 36.0 Å². The fraction of sp³-hybridized carbons (Fsp3) is 0.444. The number of amides is 2. The third-order valence-electron chi connectivity index (χ3n) is 4.57. The molecule has 6 heteroatoms. The van der Waals surface area contributed by atoms with E-state index in [9.17, 15) is 9.59 Å². The lowest BCUT2D eigenvalue weighted by molar-refractivity contribution is -0.121. The van der Waals surface area contributed by atoms with E-state index in [1.165, 1.54) is 0 Å². The highest BCUT2D eigenvalue weighted by Gasteiger charge is 2.24. The largest absolute Gasteiger partial charge is 0.353 e. The van der Waals surface area contributed by atoms with Gasteiger partial charge in [0.1, 0.15) is 5.69 Å². The predicted molar refractivity (Wildman–Crippen MR) is 93.6 cm³/mol. The second-order valence-corrected chi connectivity index (χ2v) is 6.40. The molecule has 3 rings (SSSR count). The molecule has 1 aliphatic carbocycles. The molecular weight excluding hydrogens is 304 g/mol. The summed E-state index contributed by atoms with van der Waals surface area (Å²) in [7, 11) is 0. The van der Waals surface area contributed by atoms with Crippen molar-refractivity contribution in [3.63, 3.8) is 0 Å². The summed E-state index contributed by atoms with van der Waals surface area (Å²) >= 11 is 0. The summed E-state index contributed by atoms with van der Waals surface area (Å²) in [5.41, 5.74) is 6.94. The summed E-state index contributed by atoms with van der Waals surface area (Å²) in [5.74, 6) is -0.0510. The zero-order valence-electron chi connectivity index (χ0n) is 13.7. The Hall–Kier alpha value is -2.34. The molecule has 0 radical (unpaired) electrons. The molecule has 1 saturated carbocycles. The molecule has 0 atom stereocenters. The van der Waals surface area contributed by atoms with Crippen LogP contribution in [0.15, 0.2) is 30.3 Å². The van der Waals surface area contributed by atoms with Gasteiger partial charge in [-0.05, 0) is 37.8 Å². The predicted octanol–water partition coefficient (Wildman–Crippen LogP) is 1.67. The number of nitrogens with one attached hydrogen (secondary N) is 3. The molecule has 0 aliphatic heterocycles. The first-order valence-electron chi connectivity index (χ1n) is 8.54. The van der Waals surface area contributed by atoms with E-state index in [1.807, 2.05) is 30.3 Å². The molecule has 0 bridgehead atoms. The van der Waals surface area contributed by atoms with Crippen LogP contribution < -0.4 is 16.4 Å². The third-order valence-corrected chi connectivity index (χ3v) is 4.57. The Balaban J connectivity index is 1.50. The van der Waals surface area contributed by atoms with Gasteiger partial charge in [0.05, 0.1) is 0 Å². The molecule has 0 spiro atoms. The summed E-state index contributed by atoms with van der Waals surface area (Å²) in [6.45, 7) is 0.377. The van der Waals surface area contributed by atoms with Crippen LogP contribution in [0.3, 0.4) is 0 Å². The topological polar surface area (TPSA) is 100 Å². The maximum absolute atomic E-state index is 12.4. The number of rotatable bonds is 5.